The molecule has 4 nitrogen and oxygen atoms in total. The maximum atomic E-state index is 5.46. The van der Waals surface area contributed by atoms with Crippen LogP contribution in [0.1, 0.15) is 17.5 Å². The fourth-order valence-electron chi connectivity index (χ4n) is 3.29. The highest BCUT2D eigenvalue weighted by molar-refractivity contribution is 5.72. The summed E-state index contributed by atoms with van der Waals surface area (Å²) in [6.45, 7) is 4.78. The molecule has 160 valence electrons. The van der Waals surface area contributed by atoms with Crippen LogP contribution in [0.3, 0.4) is 0 Å². The zero-order valence-electron chi connectivity index (χ0n) is 18.7. The van der Waals surface area contributed by atoms with Crippen LogP contribution in [-0.2, 0) is 4.74 Å². The van der Waals surface area contributed by atoms with Crippen molar-refractivity contribution in [1.82, 2.24) is 16.0 Å². The molecule has 0 bridgehead atoms. The monoisotopic (exact) mass is 405 g/mol. The molecule has 3 N–H and O–H groups in total. The molecule has 0 aromatic heterocycles. The first kappa shape index (κ1) is 23.5. The van der Waals surface area contributed by atoms with Gasteiger partial charge in [-0.2, -0.15) is 0 Å². The third-order valence-electron chi connectivity index (χ3n) is 4.94. The Morgan fingerprint density at radius 2 is 1.77 bits per heavy atom. The number of methoxy groups -OCH3 is 1. The summed E-state index contributed by atoms with van der Waals surface area (Å²) >= 11 is 0. The normalized spacial score (nSPS) is 12.4. The van der Waals surface area contributed by atoms with Crippen molar-refractivity contribution < 1.29 is 4.74 Å². The number of likely N-dealkylation sites (N-methyl/N-ethyl adjacent to an activating group) is 1. The molecule has 2 rings (SSSR count). The van der Waals surface area contributed by atoms with Crippen LogP contribution in [0.4, 0.5) is 0 Å². The Morgan fingerprint density at radius 3 is 2.47 bits per heavy atom. The van der Waals surface area contributed by atoms with Crippen LogP contribution in [0.15, 0.2) is 78.2 Å². The minimum Gasteiger partial charge on any atom is -0.482 e. The fourth-order valence-corrected chi connectivity index (χ4v) is 3.29. The van der Waals surface area contributed by atoms with Crippen molar-refractivity contribution in [2.75, 3.05) is 40.8 Å². The average Bonchev–Trinajstić information content (AvgIpc) is 2.78. The topological polar surface area (TPSA) is 45.3 Å². The molecule has 0 fully saturated rings. The van der Waals surface area contributed by atoms with Gasteiger partial charge in [0.2, 0.25) is 0 Å². The van der Waals surface area contributed by atoms with E-state index in [9.17, 15) is 0 Å². The van der Waals surface area contributed by atoms with Gasteiger partial charge in [0.25, 0.3) is 0 Å². The maximum absolute atomic E-state index is 5.46. The van der Waals surface area contributed by atoms with Crippen LogP contribution in [0.25, 0.3) is 17.2 Å². The van der Waals surface area contributed by atoms with Crippen molar-refractivity contribution in [2.24, 2.45) is 0 Å². The number of allylic oxidation sites excluding steroid dienone is 2. The van der Waals surface area contributed by atoms with E-state index in [-0.39, 0.29) is 0 Å². The van der Waals surface area contributed by atoms with Gasteiger partial charge in [0, 0.05) is 32.3 Å². The van der Waals surface area contributed by atoms with E-state index in [4.69, 9.17) is 4.74 Å². The van der Waals surface area contributed by atoms with E-state index in [1.54, 1.807) is 7.11 Å². The summed E-state index contributed by atoms with van der Waals surface area (Å²) in [5, 5.41) is 9.68. The Morgan fingerprint density at radius 1 is 0.967 bits per heavy atom. The lowest BCUT2D eigenvalue weighted by Crippen LogP contribution is -2.27. The Bertz CT molecular complexity index is 848. The summed E-state index contributed by atoms with van der Waals surface area (Å²) in [6.07, 6.45) is 9.55. The largest absolute Gasteiger partial charge is 0.482 e. The van der Waals surface area contributed by atoms with Crippen molar-refractivity contribution >= 4 is 6.08 Å². The summed E-state index contributed by atoms with van der Waals surface area (Å²) in [4.78, 5) is 0. The molecule has 0 radical (unpaired) electrons. The first-order valence-corrected chi connectivity index (χ1v) is 10.5. The van der Waals surface area contributed by atoms with Crippen LogP contribution in [0.5, 0.6) is 0 Å². The molecule has 0 saturated heterocycles. The number of hydrogen-bond acceptors (Lipinski definition) is 4. The second-order valence-corrected chi connectivity index (χ2v) is 7.02. The number of benzene rings is 2. The van der Waals surface area contributed by atoms with E-state index in [1.165, 1.54) is 22.3 Å². The zero-order valence-corrected chi connectivity index (χ0v) is 18.7. The Hall–Kier alpha value is -2.82. The van der Waals surface area contributed by atoms with Gasteiger partial charge in [-0.3, -0.25) is 0 Å². The van der Waals surface area contributed by atoms with E-state index >= 15 is 0 Å². The standard InChI is InChI=1S/C26H35N3O/c1-21-22(16-11-17-25(21)23-13-8-6-9-14-23)12-7-5-10-15-24(26(28-3)30-4)20-29-19-18-27-2/h6-17,27-29H,5,18-20H2,1-4H3/b12-7+,15-10-,26-24-. The molecular weight excluding hydrogens is 370 g/mol. The van der Waals surface area contributed by atoms with Gasteiger partial charge in [-0.25, -0.2) is 0 Å². The van der Waals surface area contributed by atoms with Crippen molar-refractivity contribution in [3.05, 3.63) is 89.3 Å². The number of ether oxygens (including phenoxy) is 1. The molecule has 2 aromatic rings. The van der Waals surface area contributed by atoms with Gasteiger partial charge in [-0.15, -0.1) is 0 Å². The predicted molar refractivity (Wildman–Crippen MR) is 129 cm³/mol. The first-order valence-electron chi connectivity index (χ1n) is 10.5. The summed E-state index contributed by atoms with van der Waals surface area (Å²) in [6, 6.07) is 17.0. The van der Waals surface area contributed by atoms with Gasteiger partial charge in [-0.05, 0) is 42.6 Å². The third kappa shape index (κ3) is 7.21. The lowest BCUT2D eigenvalue weighted by molar-refractivity contribution is 0.263. The first-order chi connectivity index (χ1) is 14.7. The van der Waals surface area contributed by atoms with Gasteiger partial charge < -0.3 is 20.7 Å². The third-order valence-corrected chi connectivity index (χ3v) is 4.94. The highest BCUT2D eigenvalue weighted by Gasteiger charge is 2.04. The summed E-state index contributed by atoms with van der Waals surface area (Å²) in [7, 11) is 5.52. The fraction of sp³-hybridized carbons (Fsp3) is 0.308. The molecule has 0 aliphatic rings. The van der Waals surface area contributed by atoms with Crippen molar-refractivity contribution in [2.45, 2.75) is 13.3 Å². The molecule has 2 aromatic carbocycles. The highest BCUT2D eigenvalue weighted by atomic mass is 16.5. The Kier molecular flexibility index (Phi) is 10.5. The van der Waals surface area contributed by atoms with Crippen LogP contribution in [0, 0.1) is 6.92 Å². The number of rotatable bonds is 12. The molecule has 0 aliphatic carbocycles. The Labute approximate surface area is 181 Å². The van der Waals surface area contributed by atoms with Crippen molar-refractivity contribution in [1.29, 1.82) is 0 Å². The molecule has 0 aliphatic heterocycles. The lowest BCUT2D eigenvalue weighted by Gasteiger charge is -2.12. The van der Waals surface area contributed by atoms with Crippen LogP contribution in [-0.4, -0.2) is 40.8 Å². The van der Waals surface area contributed by atoms with Crippen molar-refractivity contribution in [3.63, 3.8) is 0 Å². The number of nitrogens with one attached hydrogen (secondary N) is 3. The molecule has 0 unspecified atom stereocenters. The van der Waals surface area contributed by atoms with E-state index in [2.05, 4.69) is 95.7 Å². The second-order valence-electron chi connectivity index (χ2n) is 7.02. The maximum Gasteiger partial charge on any atom is 0.190 e. The average molecular weight is 406 g/mol. The predicted octanol–water partition coefficient (Wildman–Crippen LogP) is 4.51. The second kappa shape index (κ2) is 13.4. The zero-order chi connectivity index (χ0) is 21.6. The van der Waals surface area contributed by atoms with Gasteiger partial charge in [0.15, 0.2) is 5.88 Å². The minimum atomic E-state index is 0.754. The SMILES string of the molecule is CNCCNCC(/C=C\C/C=C/c1cccc(-c2ccccc2)c1C)=C(/NC)OC. The summed E-state index contributed by atoms with van der Waals surface area (Å²) < 4.78 is 5.46. The van der Waals surface area contributed by atoms with Gasteiger partial charge >= 0.3 is 0 Å². The Balaban J connectivity index is 2.03. The lowest BCUT2D eigenvalue weighted by atomic mass is 9.96. The van der Waals surface area contributed by atoms with Crippen molar-refractivity contribution in [3.8, 4) is 11.1 Å². The van der Waals surface area contributed by atoms with Crippen LogP contribution in [0.2, 0.25) is 0 Å². The molecule has 30 heavy (non-hydrogen) atoms. The van der Waals surface area contributed by atoms with E-state index in [0.717, 1.165) is 37.5 Å². The molecule has 0 amide bonds. The smallest absolute Gasteiger partial charge is 0.190 e. The molecule has 0 heterocycles. The number of hydrogen-bond donors (Lipinski definition) is 3. The molecule has 0 spiro atoms. The molecular formula is C26H35N3O. The molecule has 4 heteroatoms. The van der Waals surface area contributed by atoms with Gasteiger partial charge in [0.05, 0.1) is 7.11 Å². The van der Waals surface area contributed by atoms with Gasteiger partial charge in [0.1, 0.15) is 0 Å². The molecule has 0 saturated carbocycles. The quantitative estimate of drug-likeness (QED) is 0.276. The van der Waals surface area contributed by atoms with Gasteiger partial charge in [-0.1, -0.05) is 72.8 Å². The van der Waals surface area contributed by atoms with Crippen LogP contribution >= 0.6 is 0 Å². The molecule has 0 atom stereocenters. The van der Waals surface area contributed by atoms with E-state index in [0.29, 0.717) is 0 Å². The highest BCUT2D eigenvalue weighted by Crippen LogP contribution is 2.26. The van der Waals surface area contributed by atoms with E-state index in [1.807, 2.05) is 14.1 Å². The van der Waals surface area contributed by atoms with Crippen LogP contribution < -0.4 is 16.0 Å². The summed E-state index contributed by atoms with van der Waals surface area (Å²) in [5.74, 6) is 0.790. The van der Waals surface area contributed by atoms with E-state index < -0.39 is 0 Å². The minimum absolute atomic E-state index is 0.754. The summed E-state index contributed by atoms with van der Waals surface area (Å²) in [5.41, 5.74) is 6.19.